The summed E-state index contributed by atoms with van der Waals surface area (Å²) >= 11 is 1.34. The van der Waals surface area contributed by atoms with Gasteiger partial charge < -0.3 is 23.7 Å². The topological polar surface area (TPSA) is 92.2 Å². The predicted octanol–water partition coefficient (Wildman–Crippen LogP) is 4.58. The van der Waals surface area contributed by atoms with Gasteiger partial charge in [-0.25, -0.2) is 4.98 Å². The van der Waals surface area contributed by atoms with Crippen LogP contribution in [-0.2, 0) is 6.54 Å². The third kappa shape index (κ3) is 4.65. The lowest BCUT2D eigenvalue weighted by Gasteiger charge is -2.21. The zero-order valence-electron chi connectivity index (χ0n) is 20.0. The van der Waals surface area contributed by atoms with E-state index in [0.717, 1.165) is 10.3 Å². The number of benzene rings is 2. The lowest BCUT2D eigenvalue weighted by Crippen LogP contribution is -2.30. The van der Waals surface area contributed by atoms with E-state index in [4.69, 9.17) is 28.7 Å². The minimum Gasteiger partial charge on any atom is -0.495 e. The number of pyridine rings is 1. The molecule has 2 aromatic carbocycles. The predicted molar refractivity (Wildman–Crippen MR) is 134 cm³/mol. The number of rotatable bonds is 9. The molecule has 2 heterocycles. The fraction of sp³-hybridized carbons (Fsp3) is 0.240. The Morgan fingerprint density at radius 2 is 1.54 bits per heavy atom. The molecule has 35 heavy (non-hydrogen) atoms. The summed E-state index contributed by atoms with van der Waals surface area (Å²) < 4.78 is 28.1. The minimum atomic E-state index is -0.301. The van der Waals surface area contributed by atoms with Crippen LogP contribution in [0.3, 0.4) is 0 Å². The third-order valence-electron chi connectivity index (χ3n) is 5.35. The fourth-order valence-electron chi connectivity index (χ4n) is 3.65. The van der Waals surface area contributed by atoms with Crippen LogP contribution in [0.15, 0.2) is 48.8 Å². The number of aromatic nitrogens is 2. The van der Waals surface area contributed by atoms with E-state index in [2.05, 4.69) is 4.98 Å². The first-order chi connectivity index (χ1) is 17.0. The first-order valence-electron chi connectivity index (χ1n) is 10.6. The van der Waals surface area contributed by atoms with Gasteiger partial charge in [0.25, 0.3) is 5.91 Å². The maximum absolute atomic E-state index is 13.9. The molecule has 0 aliphatic heterocycles. The average Bonchev–Trinajstić information content (AvgIpc) is 3.35. The van der Waals surface area contributed by atoms with Gasteiger partial charge in [-0.3, -0.25) is 14.7 Å². The normalized spacial score (nSPS) is 10.7. The van der Waals surface area contributed by atoms with Crippen LogP contribution in [0.5, 0.6) is 28.7 Å². The summed E-state index contributed by atoms with van der Waals surface area (Å²) in [6, 6.07) is 10.6. The number of ether oxygens (including phenoxy) is 5. The van der Waals surface area contributed by atoms with Crippen molar-refractivity contribution in [3.05, 3.63) is 59.9 Å². The van der Waals surface area contributed by atoms with Crippen molar-refractivity contribution < 1.29 is 28.5 Å². The molecule has 0 radical (unpaired) electrons. The van der Waals surface area contributed by atoms with Crippen molar-refractivity contribution in [2.24, 2.45) is 0 Å². The van der Waals surface area contributed by atoms with Crippen molar-refractivity contribution in [3.8, 4) is 28.7 Å². The highest BCUT2D eigenvalue weighted by Crippen LogP contribution is 2.42. The summed E-state index contributed by atoms with van der Waals surface area (Å²) in [6.07, 6.45) is 3.40. The van der Waals surface area contributed by atoms with Crippen molar-refractivity contribution in [1.29, 1.82) is 0 Å². The van der Waals surface area contributed by atoms with E-state index in [-0.39, 0.29) is 12.5 Å². The van der Waals surface area contributed by atoms with Crippen LogP contribution in [0.1, 0.15) is 15.9 Å². The van der Waals surface area contributed by atoms with E-state index < -0.39 is 0 Å². The Bertz CT molecular complexity index is 1280. The van der Waals surface area contributed by atoms with Crippen molar-refractivity contribution in [2.45, 2.75) is 6.54 Å². The molecule has 0 spiro atoms. The molecule has 9 nitrogen and oxygen atoms in total. The molecule has 0 aliphatic carbocycles. The molecule has 0 bridgehead atoms. The Hall–Kier alpha value is -4.05. The number of methoxy groups -OCH3 is 5. The van der Waals surface area contributed by atoms with Crippen LogP contribution in [-0.4, -0.2) is 51.4 Å². The van der Waals surface area contributed by atoms with Gasteiger partial charge in [-0.1, -0.05) is 17.4 Å². The molecule has 1 amide bonds. The van der Waals surface area contributed by atoms with Gasteiger partial charge in [-0.15, -0.1) is 0 Å². The van der Waals surface area contributed by atoms with Crippen LogP contribution >= 0.6 is 11.3 Å². The highest BCUT2D eigenvalue weighted by molar-refractivity contribution is 7.22. The maximum atomic E-state index is 13.9. The molecule has 10 heteroatoms. The summed E-state index contributed by atoms with van der Waals surface area (Å²) in [7, 11) is 7.69. The number of fused-ring (bicyclic) bond motifs is 1. The second-order valence-corrected chi connectivity index (χ2v) is 8.29. The second-order valence-electron chi connectivity index (χ2n) is 7.31. The molecular weight excluding hydrogens is 470 g/mol. The molecule has 0 unspecified atom stereocenters. The number of amides is 1. The average molecular weight is 496 g/mol. The minimum absolute atomic E-state index is 0.244. The van der Waals surface area contributed by atoms with E-state index in [1.165, 1.54) is 32.7 Å². The monoisotopic (exact) mass is 495 g/mol. The van der Waals surface area contributed by atoms with Crippen LogP contribution in [0.25, 0.3) is 10.2 Å². The molecule has 0 atom stereocenters. The largest absolute Gasteiger partial charge is 0.495 e. The van der Waals surface area contributed by atoms with E-state index in [1.807, 2.05) is 18.2 Å². The number of thiazole rings is 1. The van der Waals surface area contributed by atoms with Gasteiger partial charge in [0.05, 0.1) is 42.1 Å². The molecule has 0 saturated carbocycles. The van der Waals surface area contributed by atoms with Crippen molar-refractivity contribution in [2.75, 3.05) is 40.4 Å². The Morgan fingerprint density at radius 1 is 0.886 bits per heavy atom. The quantitative estimate of drug-likeness (QED) is 0.333. The lowest BCUT2D eigenvalue weighted by molar-refractivity contribution is 0.0984. The van der Waals surface area contributed by atoms with Crippen molar-refractivity contribution in [1.82, 2.24) is 9.97 Å². The number of nitrogens with zero attached hydrogens (tertiary/aromatic N) is 3. The highest BCUT2D eigenvalue weighted by Gasteiger charge is 2.26. The summed E-state index contributed by atoms with van der Waals surface area (Å²) in [5, 5.41) is 0.477. The first-order valence-corrected chi connectivity index (χ1v) is 11.4. The summed E-state index contributed by atoms with van der Waals surface area (Å²) in [4.78, 5) is 24.5. The van der Waals surface area contributed by atoms with Crippen LogP contribution in [0, 0.1) is 0 Å². The van der Waals surface area contributed by atoms with Gasteiger partial charge in [0.15, 0.2) is 16.6 Å². The summed E-state index contributed by atoms with van der Waals surface area (Å²) in [5.41, 5.74) is 1.80. The van der Waals surface area contributed by atoms with Crippen LogP contribution in [0.4, 0.5) is 5.13 Å². The van der Waals surface area contributed by atoms with Gasteiger partial charge in [-0.2, -0.15) is 0 Å². The van der Waals surface area contributed by atoms with Gasteiger partial charge in [0, 0.05) is 18.0 Å². The Kier molecular flexibility index (Phi) is 7.21. The summed E-state index contributed by atoms with van der Waals surface area (Å²) in [6.45, 7) is 0.244. The fourth-order valence-corrected chi connectivity index (χ4v) is 4.72. The standard InChI is InChI=1S/C25H25N3O6S/c1-30-17-8-9-18(31-2)23-21(17)27-25(35-23)28(14-15-7-6-10-26-13-15)24(29)16-11-19(32-3)22(34-5)20(12-16)33-4/h6-13H,14H2,1-5H3. The molecular formula is C25H25N3O6S. The van der Waals surface area contributed by atoms with E-state index in [0.29, 0.717) is 45.0 Å². The van der Waals surface area contributed by atoms with Crippen molar-refractivity contribution >= 4 is 32.6 Å². The smallest absolute Gasteiger partial charge is 0.260 e. The lowest BCUT2D eigenvalue weighted by atomic mass is 10.1. The zero-order valence-corrected chi connectivity index (χ0v) is 20.8. The molecule has 2 aromatic heterocycles. The third-order valence-corrected chi connectivity index (χ3v) is 6.44. The maximum Gasteiger partial charge on any atom is 0.260 e. The van der Waals surface area contributed by atoms with E-state index in [1.54, 1.807) is 49.7 Å². The molecule has 0 aliphatic rings. The molecule has 0 saturated heterocycles. The van der Waals surface area contributed by atoms with Crippen LogP contribution < -0.4 is 28.6 Å². The Balaban J connectivity index is 1.87. The number of hydrogen-bond donors (Lipinski definition) is 0. The van der Waals surface area contributed by atoms with Crippen LogP contribution in [0.2, 0.25) is 0 Å². The SMILES string of the molecule is COc1cc(C(=O)N(Cc2cccnc2)c2nc3c(OC)ccc(OC)c3s2)cc(OC)c1OC. The molecule has 4 aromatic rings. The molecule has 4 rings (SSSR count). The number of carbonyl (C=O) groups excluding carboxylic acids is 1. The zero-order chi connectivity index (χ0) is 24.9. The second kappa shape index (κ2) is 10.5. The molecule has 0 N–H and O–H groups in total. The Morgan fingerprint density at radius 3 is 2.11 bits per heavy atom. The number of anilines is 1. The number of carbonyl (C=O) groups is 1. The Labute approximate surface area is 206 Å². The van der Waals surface area contributed by atoms with E-state index in [9.17, 15) is 4.79 Å². The van der Waals surface area contributed by atoms with Crippen molar-refractivity contribution in [3.63, 3.8) is 0 Å². The van der Waals surface area contributed by atoms with Gasteiger partial charge in [-0.05, 0) is 35.9 Å². The summed E-state index contributed by atoms with van der Waals surface area (Å²) in [5.74, 6) is 2.09. The molecule has 182 valence electrons. The van der Waals surface area contributed by atoms with E-state index >= 15 is 0 Å². The highest BCUT2D eigenvalue weighted by atomic mass is 32.1. The van der Waals surface area contributed by atoms with Gasteiger partial charge in [0.1, 0.15) is 21.7 Å². The van der Waals surface area contributed by atoms with Gasteiger partial charge in [0.2, 0.25) is 5.75 Å². The first kappa shape index (κ1) is 24.1. The number of hydrogen-bond acceptors (Lipinski definition) is 9. The van der Waals surface area contributed by atoms with Gasteiger partial charge >= 0.3 is 0 Å². The molecule has 0 fully saturated rings.